The molecule has 1 heterocycles. The van der Waals surface area contributed by atoms with Crippen LogP contribution >= 0.6 is 0 Å². The number of benzene rings is 1. The summed E-state index contributed by atoms with van der Waals surface area (Å²) in [6.07, 6.45) is 2.15. The van der Waals surface area contributed by atoms with Crippen LogP contribution in [0.1, 0.15) is 23.2 Å². The summed E-state index contributed by atoms with van der Waals surface area (Å²) in [4.78, 5) is 14.1. The van der Waals surface area contributed by atoms with E-state index in [1.165, 1.54) is 0 Å². The number of hydrogen-bond donors (Lipinski definition) is 2. The monoisotopic (exact) mass is 233 g/mol. The van der Waals surface area contributed by atoms with E-state index >= 15 is 0 Å². The molecule has 0 unspecified atom stereocenters. The smallest absolute Gasteiger partial charge is 0.265 e. The number of carbonyl (C=O) groups is 1. The molecule has 0 aromatic heterocycles. The average Bonchev–Trinajstić information content (AvgIpc) is 2.39. The van der Waals surface area contributed by atoms with E-state index in [0.717, 1.165) is 25.9 Å². The van der Waals surface area contributed by atoms with Gasteiger partial charge in [0.25, 0.3) is 5.91 Å². The van der Waals surface area contributed by atoms with Crippen molar-refractivity contribution in [3.63, 3.8) is 0 Å². The van der Waals surface area contributed by atoms with Crippen molar-refractivity contribution in [2.45, 2.75) is 18.9 Å². The van der Waals surface area contributed by atoms with Crippen molar-refractivity contribution in [3.05, 3.63) is 35.9 Å². The molecular weight excluding hydrogens is 214 g/mol. The Hall–Kier alpha value is -1.39. The second-order valence-corrected chi connectivity index (χ2v) is 4.54. The number of piperidine rings is 1. The van der Waals surface area contributed by atoms with Gasteiger partial charge < -0.3 is 4.90 Å². The van der Waals surface area contributed by atoms with Gasteiger partial charge in [0.1, 0.15) is 0 Å². The second-order valence-electron chi connectivity index (χ2n) is 4.54. The molecule has 1 aromatic rings. The number of nitrogens with zero attached hydrogens (tertiary/aromatic N) is 1. The fourth-order valence-corrected chi connectivity index (χ4v) is 1.98. The number of amides is 1. The minimum absolute atomic E-state index is 0.0653. The van der Waals surface area contributed by atoms with Gasteiger partial charge in [0.05, 0.1) is 0 Å². The molecule has 0 spiro atoms. The zero-order chi connectivity index (χ0) is 12.1. The molecule has 2 N–H and O–H groups in total. The van der Waals surface area contributed by atoms with Gasteiger partial charge in [0, 0.05) is 11.6 Å². The Balaban J connectivity index is 1.77. The molecule has 1 aliphatic rings. The molecular formula is C13H19N3O. The van der Waals surface area contributed by atoms with Crippen molar-refractivity contribution in [3.8, 4) is 0 Å². The van der Waals surface area contributed by atoms with Crippen LogP contribution in [0.15, 0.2) is 30.3 Å². The van der Waals surface area contributed by atoms with Gasteiger partial charge in [-0.25, -0.2) is 5.43 Å². The minimum Gasteiger partial charge on any atom is -0.306 e. The summed E-state index contributed by atoms with van der Waals surface area (Å²) in [7, 11) is 2.12. The number of rotatable bonds is 3. The molecule has 2 rings (SSSR count). The third kappa shape index (κ3) is 3.54. The summed E-state index contributed by atoms with van der Waals surface area (Å²) < 4.78 is 0. The number of likely N-dealkylation sites (tertiary alicyclic amines) is 1. The van der Waals surface area contributed by atoms with Crippen LogP contribution in [0.5, 0.6) is 0 Å². The number of hydrazine groups is 1. The van der Waals surface area contributed by atoms with E-state index in [0.29, 0.717) is 11.6 Å². The Morgan fingerprint density at radius 2 is 1.88 bits per heavy atom. The zero-order valence-corrected chi connectivity index (χ0v) is 10.1. The van der Waals surface area contributed by atoms with Crippen LogP contribution in [-0.4, -0.2) is 37.0 Å². The van der Waals surface area contributed by atoms with Crippen molar-refractivity contribution in [1.29, 1.82) is 0 Å². The van der Waals surface area contributed by atoms with Gasteiger partial charge in [-0.3, -0.25) is 10.2 Å². The molecule has 1 aliphatic heterocycles. The zero-order valence-electron chi connectivity index (χ0n) is 10.1. The molecule has 0 saturated carbocycles. The predicted molar refractivity (Wildman–Crippen MR) is 67.6 cm³/mol. The largest absolute Gasteiger partial charge is 0.306 e. The van der Waals surface area contributed by atoms with Gasteiger partial charge in [0.2, 0.25) is 0 Å². The number of nitrogens with one attached hydrogen (secondary N) is 2. The molecule has 4 nitrogen and oxygen atoms in total. The number of carbonyl (C=O) groups excluding carboxylic acids is 1. The number of hydrogen-bond acceptors (Lipinski definition) is 3. The molecule has 1 amide bonds. The van der Waals surface area contributed by atoms with Crippen LogP contribution < -0.4 is 10.9 Å². The first-order valence-electron chi connectivity index (χ1n) is 6.05. The van der Waals surface area contributed by atoms with E-state index in [-0.39, 0.29) is 5.91 Å². The SMILES string of the molecule is CN1CCC(NNC(=O)c2ccccc2)CC1. The second kappa shape index (κ2) is 5.80. The third-order valence-electron chi connectivity index (χ3n) is 3.14. The van der Waals surface area contributed by atoms with E-state index in [9.17, 15) is 4.79 Å². The van der Waals surface area contributed by atoms with Crippen LogP contribution in [0.2, 0.25) is 0 Å². The lowest BCUT2D eigenvalue weighted by Crippen LogP contribution is -2.48. The lowest BCUT2D eigenvalue weighted by atomic mass is 10.1. The van der Waals surface area contributed by atoms with Crippen LogP contribution in [0.25, 0.3) is 0 Å². The summed E-state index contributed by atoms with van der Waals surface area (Å²) in [5.74, 6) is -0.0653. The lowest BCUT2D eigenvalue weighted by molar-refractivity contribution is 0.0914. The Labute approximate surface area is 102 Å². The minimum atomic E-state index is -0.0653. The topological polar surface area (TPSA) is 44.4 Å². The Kier molecular flexibility index (Phi) is 4.12. The third-order valence-corrected chi connectivity index (χ3v) is 3.14. The van der Waals surface area contributed by atoms with Crippen LogP contribution in [0, 0.1) is 0 Å². The molecule has 1 fully saturated rings. The van der Waals surface area contributed by atoms with Crippen LogP contribution in [-0.2, 0) is 0 Å². The molecule has 0 aliphatic carbocycles. The first-order chi connectivity index (χ1) is 8.25. The van der Waals surface area contributed by atoms with Gasteiger partial charge in [-0.1, -0.05) is 18.2 Å². The van der Waals surface area contributed by atoms with Crippen molar-refractivity contribution in [2.75, 3.05) is 20.1 Å². The summed E-state index contributed by atoms with van der Waals surface area (Å²) in [5.41, 5.74) is 6.58. The maximum atomic E-state index is 11.8. The molecule has 0 bridgehead atoms. The van der Waals surface area contributed by atoms with E-state index in [2.05, 4.69) is 22.8 Å². The molecule has 0 radical (unpaired) electrons. The highest BCUT2D eigenvalue weighted by atomic mass is 16.2. The van der Waals surface area contributed by atoms with Crippen molar-refractivity contribution in [2.24, 2.45) is 0 Å². The summed E-state index contributed by atoms with van der Waals surface area (Å²) in [6, 6.07) is 9.65. The van der Waals surface area contributed by atoms with Gasteiger partial charge in [0.15, 0.2) is 0 Å². The molecule has 4 heteroatoms. The molecule has 1 aromatic carbocycles. The Morgan fingerprint density at radius 1 is 1.24 bits per heavy atom. The first kappa shape index (κ1) is 12.1. The van der Waals surface area contributed by atoms with Crippen LogP contribution in [0.4, 0.5) is 0 Å². The highest BCUT2D eigenvalue weighted by Crippen LogP contribution is 2.07. The van der Waals surface area contributed by atoms with Crippen molar-refractivity contribution < 1.29 is 4.79 Å². The van der Waals surface area contributed by atoms with Gasteiger partial charge in [-0.05, 0) is 45.1 Å². The summed E-state index contributed by atoms with van der Waals surface area (Å²) in [6.45, 7) is 2.16. The molecule has 92 valence electrons. The fourth-order valence-electron chi connectivity index (χ4n) is 1.98. The standard InChI is InChI=1S/C13H19N3O/c1-16-9-7-12(8-10-16)14-15-13(17)11-5-3-2-4-6-11/h2-6,12,14H,7-10H2,1H3,(H,15,17). The van der Waals surface area contributed by atoms with Gasteiger partial charge in [-0.15, -0.1) is 0 Å². The average molecular weight is 233 g/mol. The Morgan fingerprint density at radius 3 is 2.53 bits per heavy atom. The molecule has 1 saturated heterocycles. The van der Waals surface area contributed by atoms with E-state index in [4.69, 9.17) is 0 Å². The Bertz CT molecular complexity index is 358. The maximum Gasteiger partial charge on any atom is 0.265 e. The molecule has 0 atom stereocenters. The quantitative estimate of drug-likeness (QED) is 0.766. The molecule has 17 heavy (non-hydrogen) atoms. The first-order valence-corrected chi connectivity index (χ1v) is 6.05. The highest BCUT2D eigenvalue weighted by Gasteiger charge is 2.16. The summed E-state index contributed by atoms with van der Waals surface area (Å²) in [5, 5.41) is 0. The van der Waals surface area contributed by atoms with E-state index in [1.807, 2.05) is 30.3 Å². The maximum absolute atomic E-state index is 11.8. The van der Waals surface area contributed by atoms with Crippen LogP contribution in [0.3, 0.4) is 0 Å². The van der Waals surface area contributed by atoms with E-state index < -0.39 is 0 Å². The van der Waals surface area contributed by atoms with Gasteiger partial charge in [-0.2, -0.15) is 0 Å². The van der Waals surface area contributed by atoms with Gasteiger partial charge >= 0.3 is 0 Å². The fraction of sp³-hybridized carbons (Fsp3) is 0.462. The summed E-state index contributed by atoms with van der Waals surface area (Å²) >= 11 is 0. The normalized spacial score (nSPS) is 17.9. The lowest BCUT2D eigenvalue weighted by Gasteiger charge is -2.29. The van der Waals surface area contributed by atoms with E-state index in [1.54, 1.807) is 0 Å². The highest BCUT2D eigenvalue weighted by molar-refractivity contribution is 5.93. The van der Waals surface area contributed by atoms with Crippen molar-refractivity contribution in [1.82, 2.24) is 15.8 Å². The predicted octanol–water partition coefficient (Wildman–Crippen LogP) is 1.02. The van der Waals surface area contributed by atoms with Crippen molar-refractivity contribution >= 4 is 5.91 Å².